The lowest BCUT2D eigenvalue weighted by atomic mass is 10.2. The Morgan fingerprint density at radius 1 is 1.45 bits per heavy atom. The summed E-state index contributed by atoms with van der Waals surface area (Å²) in [6.07, 6.45) is 1.49. The second-order valence-electron chi connectivity index (χ2n) is 4.93. The Hall–Kier alpha value is -1.40. The van der Waals surface area contributed by atoms with Gasteiger partial charge in [0.25, 0.3) is 0 Å². The third kappa shape index (κ3) is 3.58. The van der Waals surface area contributed by atoms with Gasteiger partial charge in [-0.3, -0.25) is 4.21 Å². The zero-order chi connectivity index (χ0) is 14.7. The number of nitrogens with two attached hydrogens (primary N) is 1. The number of nitrogen functional groups attached to an aromatic ring is 1. The molecular weight excluding hydrogens is 296 g/mol. The van der Waals surface area contributed by atoms with E-state index in [0.717, 1.165) is 6.54 Å². The average Bonchev–Trinajstić information content (AvgIpc) is 2.79. The summed E-state index contributed by atoms with van der Waals surface area (Å²) in [7, 11) is -1.22. The van der Waals surface area contributed by atoms with Crippen molar-refractivity contribution >= 4 is 28.1 Å². The first-order valence-electron chi connectivity index (χ1n) is 6.27. The van der Waals surface area contributed by atoms with Crippen LogP contribution in [0, 0.1) is 5.92 Å². The molecule has 0 bridgehead atoms. The Kier molecular flexibility index (Phi) is 4.77. The summed E-state index contributed by atoms with van der Waals surface area (Å²) in [6.45, 7) is 4.96. The summed E-state index contributed by atoms with van der Waals surface area (Å²) < 4.78 is 14.1. The van der Waals surface area contributed by atoms with Crippen LogP contribution in [-0.2, 0) is 23.1 Å². The SMILES string of the molecule is CC(C)Cn1ncnc1CS(=O)c1ccc(N)c(Cl)c1. The van der Waals surface area contributed by atoms with Crippen molar-refractivity contribution in [3.05, 3.63) is 35.4 Å². The molecule has 20 heavy (non-hydrogen) atoms. The highest BCUT2D eigenvalue weighted by atomic mass is 35.5. The molecule has 7 heteroatoms. The molecule has 2 aromatic rings. The molecule has 1 heterocycles. The Bertz CT molecular complexity index is 627. The number of aromatic nitrogens is 3. The lowest BCUT2D eigenvalue weighted by Gasteiger charge is -2.09. The number of benzene rings is 1. The van der Waals surface area contributed by atoms with Gasteiger partial charge in [0.05, 0.1) is 27.3 Å². The fourth-order valence-corrected chi connectivity index (χ4v) is 3.09. The summed E-state index contributed by atoms with van der Waals surface area (Å²) in [5.74, 6) is 1.48. The van der Waals surface area contributed by atoms with Crippen molar-refractivity contribution in [2.75, 3.05) is 5.73 Å². The van der Waals surface area contributed by atoms with Gasteiger partial charge < -0.3 is 5.73 Å². The molecule has 2 N–H and O–H groups in total. The molecule has 5 nitrogen and oxygen atoms in total. The van der Waals surface area contributed by atoms with Crippen molar-refractivity contribution in [2.45, 2.75) is 31.0 Å². The van der Waals surface area contributed by atoms with E-state index in [-0.39, 0.29) is 0 Å². The number of hydrogen-bond donors (Lipinski definition) is 1. The molecule has 0 aliphatic carbocycles. The minimum atomic E-state index is -1.22. The third-order valence-corrected chi connectivity index (χ3v) is 4.36. The maximum absolute atomic E-state index is 12.3. The Morgan fingerprint density at radius 3 is 2.85 bits per heavy atom. The van der Waals surface area contributed by atoms with Gasteiger partial charge in [-0.1, -0.05) is 25.4 Å². The standard InChI is InChI=1S/C13H17ClN4OS/c1-9(2)6-18-13(16-8-17-18)7-20(19)10-3-4-12(15)11(14)5-10/h3-5,8-9H,6-7,15H2,1-2H3. The fraction of sp³-hybridized carbons (Fsp3) is 0.385. The van der Waals surface area contributed by atoms with Crippen LogP contribution >= 0.6 is 11.6 Å². The van der Waals surface area contributed by atoms with E-state index in [2.05, 4.69) is 23.9 Å². The largest absolute Gasteiger partial charge is 0.398 e. The van der Waals surface area contributed by atoms with E-state index in [4.69, 9.17) is 17.3 Å². The quantitative estimate of drug-likeness (QED) is 0.861. The van der Waals surface area contributed by atoms with Gasteiger partial charge in [0.2, 0.25) is 0 Å². The monoisotopic (exact) mass is 312 g/mol. The second-order valence-corrected chi connectivity index (χ2v) is 6.78. The van der Waals surface area contributed by atoms with E-state index in [1.807, 2.05) is 0 Å². The molecule has 0 amide bonds. The van der Waals surface area contributed by atoms with Gasteiger partial charge in [0.15, 0.2) is 0 Å². The van der Waals surface area contributed by atoms with Crippen molar-refractivity contribution in [1.29, 1.82) is 0 Å². The minimum absolute atomic E-state index is 0.312. The van der Waals surface area contributed by atoms with Gasteiger partial charge in [-0.15, -0.1) is 0 Å². The van der Waals surface area contributed by atoms with Crippen LogP contribution in [0.4, 0.5) is 5.69 Å². The molecule has 0 spiro atoms. The zero-order valence-electron chi connectivity index (χ0n) is 11.4. The highest BCUT2D eigenvalue weighted by Gasteiger charge is 2.12. The highest BCUT2D eigenvalue weighted by molar-refractivity contribution is 7.84. The normalized spacial score (nSPS) is 12.8. The van der Waals surface area contributed by atoms with E-state index in [0.29, 0.717) is 33.1 Å². The second kappa shape index (κ2) is 6.37. The molecule has 1 aromatic heterocycles. The van der Waals surface area contributed by atoms with Gasteiger partial charge in [0.1, 0.15) is 12.2 Å². The Labute approximate surface area is 125 Å². The third-order valence-electron chi connectivity index (χ3n) is 2.73. The summed E-state index contributed by atoms with van der Waals surface area (Å²) >= 11 is 5.95. The molecule has 0 aliphatic heterocycles. The summed E-state index contributed by atoms with van der Waals surface area (Å²) in [5.41, 5.74) is 6.13. The zero-order valence-corrected chi connectivity index (χ0v) is 13.0. The molecule has 2 rings (SSSR count). The van der Waals surface area contributed by atoms with Gasteiger partial charge in [-0.05, 0) is 24.1 Å². The maximum Gasteiger partial charge on any atom is 0.139 e. The van der Waals surface area contributed by atoms with Gasteiger partial charge in [0, 0.05) is 11.4 Å². The van der Waals surface area contributed by atoms with Crippen LogP contribution in [0.25, 0.3) is 0 Å². The summed E-state index contributed by atoms with van der Waals surface area (Å²) in [5, 5.41) is 4.58. The molecule has 0 radical (unpaired) electrons. The molecule has 0 fully saturated rings. The fourth-order valence-electron chi connectivity index (χ4n) is 1.75. The summed E-state index contributed by atoms with van der Waals surface area (Å²) in [4.78, 5) is 4.82. The molecule has 1 atom stereocenters. The van der Waals surface area contributed by atoms with Gasteiger partial charge >= 0.3 is 0 Å². The van der Waals surface area contributed by atoms with Crippen molar-refractivity contribution in [3.8, 4) is 0 Å². The van der Waals surface area contributed by atoms with Crippen LogP contribution in [0.5, 0.6) is 0 Å². The molecule has 108 valence electrons. The minimum Gasteiger partial charge on any atom is -0.398 e. The number of nitrogens with zero attached hydrogens (tertiary/aromatic N) is 3. The topological polar surface area (TPSA) is 73.8 Å². The Balaban J connectivity index is 2.15. The lowest BCUT2D eigenvalue weighted by molar-refractivity contribution is 0.471. The van der Waals surface area contributed by atoms with Crippen LogP contribution in [0.1, 0.15) is 19.7 Å². The van der Waals surface area contributed by atoms with Crippen molar-refractivity contribution in [2.24, 2.45) is 5.92 Å². The first-order valence-corrected chi connectivity index (χ1v) is 7.97. The van der Waals surface area contributed by atoms with Crippen molar-refractivity contribution in [3.63, 3.8) is 0 Å². The van der Waals surface area contributed by atoms with Crippen LogP contribution in [-0.4, -0.2) is 19.0 Å². The molecule has 0 saturated heterocycles. The predicted molar refractivity (Wildman–Crippen MR) is 80.8 cm³/mol. The lowest BCUT2D eigenvalue weighted by Crippen LogP contribution is -2.12. The molecular formula is C13H17ClN4OS. The molecule has 1 aromatic carbocycles. The van der Waals surface area contributed by atoms with Crippen LogP contribution in [0.15, 0.2) is 29.4 Å². The van der Waals surface area contributed by atoms with E-state index in [9.17, 15) is 4.21 Å². The number of hydrogen-bond acceptors (Lipinski definition) is 4. The van der Waals surface area contributed by atoms with Gasteiger partial charge in [-0.2, -0.15) is 5.10 Å². The first kappa shape index (κ1) is 15.0. The number of rotatable bonds is 5. The summed E-state index contributed by atoms with van der Waals surface area (Å²) in [6, 6.07) is 5.02. The first-order chi connectivity index (χ1) is 9.47. The van der Waals surface area contributed by atoms with Crippen LogP contribution in [0.3, 0.4) is 0 Å². The molecule has 0 aliphatic rings. The van der Waals surface area contributed by atoms with E-state index < -0.39 is 10.8 Å². The van der Waals surface area contributed by atoms with Crippen LogP contribution in [0.2, 0.25) is 5.02 Å². The number of anilines is 1. The smallest absolute Gasteiger partial charge is 0.139 e. The molecule has 1 unspecified atom stereocenters. The van der Waals surface area contributed by atoms with Crippen molar-refractivity contribution < 1.29 is 4.21 Å². The Morgan fingerprint density at radius 2 is 2.20 bits per heavy atom. The predicted octanol–water partition coefficient (Wildman–Crippen LogP) is 2.48. The molecule has 0 saturated carbocycles. The number of halogens is 1. The van der Waals surface area contributed by atoms with Crippen LogP contribution < -0.4 is 5.73 Å². The highest BCUT2D eigenvalue weighted by Crippen LogP contribution is 2.22. The van der Waals surface area contributed by atoms with Gasteiger partial charge in [-0.25, -0.2) is 9.67 Å². The average molecular weight is 313 g/mol. The van der Waals surface area contributed by atoms with Crippen molar-refractivity contribution in [1.82, 2.24) is 14.8 Å². The maximum atomic E-state index is 12.3. The van der Waals surface area contributed by atoms with E-state index in [1.165, 1.54) is 6.33 Å². The van der Waals surface area contributed by atoms with E-state index in [1.54, 1.807) is 22.9 Å². The van der Waals surface area contributed by atoms with E-state index >= 15 is 0 Å².